The third-order valence-corrected chi connectivity index (χ3v) is 4.25. The maximum Gasteiger partial charge on any atom is 0.264 e. The standard InChI is InChI=1S/C21H19NO8/c1-26-15-5-4-12(6-17(15)27-2)16-9-14(24)21-18(28-3)7-13(8-19(21)30-16)29-10-20(25)22-11-23/h4-9,11H,10H2,1-3H3,(H,22,23,25). The third-order valence-electron chi connectivity index (χ3n) is 4.25. The quantitative estimate of drug-likeness (QED) is 0.559. The van der Waals surface area contributed by atoms with Crippen molar-refractivity contribution >= 4 is 23.3 Å². The Bertz CT molecular complexity index is 1150. The minimum absolute atomic E-state index is 0.206. The van der Waals surface area contributed by atoms with Gasteiger partial charge >= 0.3 is 0 Å². The molecule has 1 aromatic heterocycles. The molecule has 3 rings (SSSR count). The Balaban J connectivity index is 2.07. The molecular weight excluding hydrogens is 394 g/mol. The van der Waals surface area contributed by atoms with Crippen LogP contribution in [0.15, 0.2) is 45.6 Å². The summed E-state index contributed by atoms with van der Waals surface area (Å²) in [6, 6.07) is 9.40. The molecule has 0 saturated carbocycles. The van der Waals surface area contributed by atoms with E-state index in [-0.39, 0.29) is 34.3 Å². The number of amides is 2. The first-order chi connectivity index (χ1) is 14.5. The van der Waals surface area contributed by atoms with Crippen LogP contribution in [0.25, 0.3) is 22.3 Å². The zero-order valence-corrected chi connectivity index (χ0v) is 16.5. The Kier molecular flexibility index (Phi) is 6.21. The molecule has 0 aliphatic rings. The number of carbonyl (C=O) groups is 2. The molecule has 0 bridgehead atoms. The summed E-state index contributed by atoms with van der Waals surface area (Å²) in [5, 5.41) is 2.20. The summed E-state index contributed by atoms with van der Waals surface area (Å²) in [5.41, 5.74) is 0.489. The molecule has 0 spiro atoms. The van der Waals surface area contributed by atoms with Gasteiger partial charge in [-0.1, -0.05) is 0 Å². The first-order valence-electron chi connectivity index (χ1n) is 8.74. The highest BCUT2D eigenvalue weighted by atomic mass is 16.5. The number of carbonyl (C=O) groups excluding carboxylic acids is 2. The van der Waals surface area contributed by atoms with Crippen LogP contribution in [0, 0.1) is 0 Å². The van der Waals surface area contributed by atoms with E-state index < -0.39 is 12.5 Å². The molecule has 0 atom stereocenters. The molecule has 1 heterocycles. The van der Waals surface area contributed by atoms with Gasteiger partial charge in [-0.05, 0) is 18.2 Å². The van der Waals surface area contributed by atoms with E-state index in [4.69, 9.17) is 23.4 Å². The van der Waals surface area contributed by atoms with Gasteiger partial charge in [0.1, 0.15) is 28.2 Å². The van der Waals surface area contributed by atoms with Crippen LogP contribution in [0.2, 0.25) is 0 Å². The number of hydrogen-bond donors (Lipinski definition) is 1. The zero-order valence-electron chi connectivity index (χ0n) is 16.5. The minimum atomic E-state index is -0.621. The highest BCUT2D eigenvalue weighted by Gasteiger charge is 2.16. The van der Waals surface area contributed by atoms with E-state index in [1.54, 1.807) is 18.2 Å². The molecule has 3 aromatic rings. The van der Waals surface area contributed by atoms with Gasteiger partial charge in [-0.2, -0.15) is 0 Å². The highest BCUT2D eigenvalue weighted by Crippen LogP contribution is 2.35. The smallest absolute Gasteiger partial charge is 0.264 e. The summed E-state index contributed by atoms with van der Waals surface area (Å²) in [4.78, 5) is 34.5. The number of nitrogens with one attached hydrogen (secondary N) is 1. The van der Waals surface area contributed by atoms with E-state index in [2.05, 4.69) is 0 Å². The van der Waals surface area contributed by atoms with E-state index in [0.29, 0.717) is 22.8 Å². The Morgan fingerprint density at radius 2 is 1.73 bits per heavy atom. The Hall–Kier alpha value is -4.01. The molecule has 0 fully saturated rings. The number of methoxy groups -OCH3 is 3. The average molecular weight is 413 g/mol. The number of imide groups is 1. The predicted molar refractivity (Wildman–Crippen MR) is 107 cm³/mol. The van der Waals surface area contributed by atoms with Gasteiger partial charge in [-0.25, -0.2) is 0 Å². The van der Waals surface area contributed by atoms with Crippen LogP contribution in [0.1, 0.15) is 0 Å². The lowest BCUT2D eigenvalue weighted by Gasteiger charge is -2.12. The maximum absolute atomic E-state index is 12.8. The number of ether oxygens (including phenoxy) is 4. The molecule has 0 radical (unpaired) electrons. The van der Waals surface area contributed by atoms with E-state index in [0.717, 1.165) is 0 Å². The second-order valence-corrected chi connectivity index (χ2v) is 6.02. The molecule has 2 amide bonds. The van der Waals surface area contributed by atoms with Gasteiger partial charge in [0.2, 0.25) is 6.41 Å². The summed E-state index contributed by atoms with van der Waals surface area (Å²) >= 11 is 0. The van der Waals surface area contributed by atoms with E-state index in [1.165, 1.54) is 39.5 Å². The Morgan fingerprint density at radius 3 is 2.40 bits per heavy atom. The fraction of sp³-hybridized carbons (Fsp3) is 0.190. The van der Waals surface area contributed by atoms with E-state index in [1.807, 2.05) is 5.32 Å². The zero-order chi connectivity index (χ0) is 21.7. The van der Waals surface area contributed by atoms with Gasteiger partial charge in [0.25, 0.3) is 5.91 Å². The van der Waals surface area contributed by atoms with Crippen molar-refractivity contribution < 1.29 is 33.0 Å². The summed E-state index contributed by atoms with van der Waals surface area (Å²) in [6.07, 6.45) is 0.265. The fourth-order valence-corrected chi connectivity index (χ4v) is 2.86. The maximum atomic E-state index is 12.8. The number of rotatable bonds is 8. The third kappa shape index (κ3) is 4.19. The number of benzene rings is 2. The van der Waals surface area contributed by atoms with Crippen molar-refractivity contribution in [3.63, 3.8) is 0 Å². The van der Waals surface area contributed by atoms with Crippen molar-refractivity contribution in [3.8, 4) is 34.3 Å². The summed E-state index contributed by atoms with van der Waals surface area (Å²) in [5.74, 6) is 1.15. The van der Waals surface area contributed by atoms with Gasteiger partial charge in [-0.15, -0.1) is 0 Å². The van der Waals surface area contributed by atoms with Gasteiger partial charge < -0.3 is 23.4 Å². The first-order valence-corrected chi connectivity index (χ1v) is 8.74. The van der Waals surface area contributed by atoms with Crippen molar-refractivity contribution in [3.05, 3.63) is 46.6 Å². The van der Waals surface area contributed by atoms with Crippen molar-refractivity contribution in [1.82, 2.24) is 5.32 Å². The topological polar surface area (TPSA) is 113 Å². The van der Waals surface area contributed by atoms with Gasteiger partial charge in [0.05, 0.1) is 21.3 Å². The molecule has 9 nitrogen and oxygen atoms in total. The summed E-state index contributed by atoms with van der Waals surface area (Å²) < 4.78 is 27.1. The van der Waals surface area contributed by atoms with Crippen LogP contribution >= 0.6 is 0 Å². The first kappa shape index (κ1) is 20.7. The molecule has 30 heavy (non-hydrogen) atoms. The fourth-order valence-electron chi connectivity index (χ4n) is 2.86. The molecule has 2 aromatic carbocycles. The lowest BCUT2D eigenvalue weighted by molar-refractivity contribution is -0.126. The molecule has 0 aliphatic heterocycles. The largest absolute Gasteiger partial charge is 0.496 e. The minimum Gasteiger partial charge on any atom is -0.496 e. The van der Waals surface area contributed by atoms with Gasteiger partial charge in [0, 0.05) is 23.8 Å². The molecule has 1 N–H and O–H groups in total. The molecule has 9 heteroatoms. The lowest BCUT2D eigenvalue weighted by atomic mass is 10.1. The SMILES string of the molecule is COc1ccc(-c2cc(=O)c3c(OC)cc(OCC(=O)NC=O)cc3o2)cc1OC. The van der Waals surface area contributed by atoms with Crippen molar-refractivity contribution in [1.29, 1.82) is 0 Å². The van der Waals surface area contributed by atoms with Crippen LogP contribution in [0.5, 0.6) is 23.0 Å². The Morgan fingerprint density at radius 1 is 1.00 bits per heavy atom. The predicted octanol–water partition coefficient (Wildman–Crippen LogP) is 2.14. The lowest BCUT2D eigenvalue weighted by Crippen LogP contribution is -2.27. The molecule has 0 aliphatic carbocycles. The summed E-state index contributed by atoms with van der Waals surface area (Å²) in [6.45, 7) is -0.396. The molecule has 0 unspecified atom stereocenters. The monoisotopic (exact) mass is 413 g/mol. The Labute approximate surface area is 171 Å². The van der Waals surface area contributed by atoms with E-state index >= 15 is 0 Å². The van der Waals surface area contributed by atoms with Crippen LogP contribution in [0.4, 0.5) is 0 Å². The van der Waals surface area contributed by atoms with Crippen molar-refractivity contribution in [2.75, 3.05) is 27.9 Å². The average Bonchev–Trinajstić information content (AvgIpc) is 2.76. The molecular formula is C21H19NO8. The molecule has 156 valence electrons. The van der Waals surface area contributed by atoms with Crippen LogP contribution < -0.4 is 29.7 Å². The number of fused-ring (bicyclic) bond motifs is 1. The summed E-state index contributed by atoms with van der Waals surface area (Å²) in [7, 11) is 4.43. The highest BCUT2D eigenvalue weighted by molar-refractivity contribution is 5.88. The van der Waals surface area contributed by atoms with E-state index in [9.17, 15) is 14.4 Å². The van der Waals surface area contributed by atoms with Gasteiger partial charge in [0.15, 0.2) is 23.5 Å². The van der Waals surface area contributed by atoms with Crippen LogP contribution in [-0.2, 0) is 9.59 Å². The van der Waals surface area contributed by atoms with Crippen LogP contribution in [-0.4, -0.2) is 40.3 Å². The van der Waals surface area contributed by atoms with Gasteiger partial charge in [-0.3, -0.25) is 19.7 Å². The normalized spacial score (nSPS) is 10.4. The number of hydrogen-bond acceptors (Lipinski definition) is 8. The second-order valence-electron chi connectivity index (χ2n) is 6.02. The van der Waals surface area contributed by atoms with Crippen molar-refractivity contribution in [2.24, 2.45) is 0 Å². The second kappa shape index (κ2) is 8.99. The van der Waals surface area contributed by atoms with Crippen molar-refractivity contribution in [2.45, 2.75) is 0 Å². The molecule has 0 saturated heterocycles. The van der Waals surface area contributed by atoms with Crippen LogP contribution in [0.3, 0.4) is 0 Å².